The summed E-state index contributed by atoms with van der Waals surface area (Å²) in [5.74, 6) is -0.369. The molecule has 0 bridgehead atoms. The quantitative estimate of drug-likeness (QED) is 0.373. The summed E-state index contributed by atoms with van der Waals surface area (Å²) in [6.07, 6.45) is 3.30. The summed E-state index contributed by atoms with van der Waals surface area (Å²) in [4.78, 5) is 37.3. The fourth-order valence-corrected chi connectivity index (χ4v) is 5.23. The molecule has 150 valence electrons. The summed E-state index contributed by atoms with van der Waals surface area (Å²) < 4.78 is 6.79. The number of rotatable bonds is 2. The number of hydrogen-bond donors (Lipinski definition) is 0. The van der Waals surface area contributed by atoms with Gasteiger partial charge in [-0.05, 0) is 42.0 Å². The van der Waals surface area contributed by atoms with Crippen molar-refractivity contribution in [1.29, 1.82) is 0 Å². The lowest BCUT2D eigenvalue weighted by Crippen LogP contribution is -2.29. The molecule has 5 aromatic rings. The molecule has 0 saturated heterocycles. The minimum absolute atomic E-state index is 0.0369. The Morgan fingerprint density at radius 3 is 2.77 bits per heavy atom. The fourth-order valence-electron chi connectivity index (χ4n) is 3.96. The highest BCUT2D eigenvalue weighted by Gasteiger charge is 2.45. The van der Waals surface area contributed by atoms with E-state index in [0.717, 1.165) is 10.2 Å². The molecule has 1 atom stereocenters. The van der Waals surface area contributed by atoms with Crippen LogP contribution in [0.4, 0.5) is 5.13 Å². The van der Waals surface area contributed by atoms with E-state index in [0.29, 0.717) is 32.3 Å². The molecular weight excluding hydrogens is 434 g/mol. The third-order valence-electron chi connectivity index (χ3n) is 5.32. The minimum atomic E-state index is -0.687. The molecule has 3 aromatic heterocycles. The zero-order chi connectivity index (χ0) is 21.1. The predicted molar refractivity (Wildman–Crippen MR) is 120 cm³/mol. The number of benzene rings is 2. The van der Waals surface area contributed by atoms with Gasteiger partial charge in [0.2, 0.25) is 5.76 Å². The molecule has 1 amide bonds. The van der Waals surface area contributed by atoms with Crippen molar-refractivity contribution in [1.82, 2.24) is 9.97 Å². The summed E-state index contributed by atoms with van der Waals surface area (Å²) in [7, 11) is 0. The van der Waals surface area contributed by atoms with Gasteiger partial charge in [-0.25, -0.2) is 4.98 Å². The highest BCUT2D eigenvalue weighted by molar-refractivity contribution is 7.22. The van der Waals surface area contributed by atoms with E-state index in [9.17, 15) is 9.59 Å². The van der Waals surface area contributed by atoms with Crippen molar-refractivity contribution in [3.8, 4) is 0 Å². The van der Waals surface area contributed by atoms with Crippen molar-refractivity contribution in [2.75, 3.05) is 4.90 Å². The Morgan fingerprint density at radius 1 is 1.06 bits per heavy atom. The van der Waals surface area contributed by atoms with Gasteiger partial charge in [-0.1, -0.05) is 41.1 Å². The highest BCUT2D eigenvalue weighted by atomic mass is 35.5. The number of amides is 1. The first kappa shape index (κ1) is 18.2. The van der Waals surface area contributed by atoms with Crippen molar-refractivity contribution >= 4 is 55.2 Å². The zero-order valence-electron chi connectivity index (χ0n) is 15.8. The molecule has 6 rings (SSSR count). The Kier molecular flexibility index (Phi) is 3.96. The number of hydrogen-bond acceptors (Lipinski definition) is 6. The molecule has 1 aliphatic heterocycles. The van der Waals surface area contributed by atoms with Crippen LogP contribution in [0.15, 0.2) is 76.2 Å². The van der Waals surface area contributed by atoms with Crippen LogP contribution in [0.25, 0.3) is 21.2 Å². The van der Waals surface area contributed by atoms with Crippen molar-refractivity contribution in [2.24, 2.45) is 0 Å². The number of thiazole rings is 1. The summed E-state index contributed by atoms with van der Waals surface area (Å²) in [5, 5.41) is 1.48. The maximum Gasteiger partial charge on any atom is 0.297 e. The first-order valence-corrected chi connectivity index (χ1v) is 10.7. The number of halogens is 1. The van der Waals surface area contributed by atoms with Gasteiger partial charge in [0.15, 0.2) is 10.6 Å². The largest absolute Gasteiger partial charge is 0.450 e. The monoisotopic (exact) mass is 445 g/mol. The van der Waals surface area contributed by atoms with Gasteiger partial charge in [0.1, 0.15) is 5.58 Å². The van der Waals surface area contributed by atoms with Crippen LogP contribution in [0.1, 0.15) is 27.7 Å². The highest BCUT2D eigenvalue weighted by Crippen LogP contribution is 2.43. The normalized spacial score (nSPS) is 15.7. The van der Waals surface area contributed by atoms with Gasteiger partial charge in [-0.3, -0.25) is 19.5 Å². The van der Waals surface area contributed by atoms with Gasteiger partial charge in [-0.15, -0.1) is 0 Å². The molecule has 0 N–H and O–H groups in total. The smallest absolute Gasteiger partial charge is 0.297 e. The molecule has 2 aromatic carbocycles. The summed E-state index contributed by atoms with van der Waals surface area (Å²) in [5.41, 5.74) is 1.87. The Labute approximate surface area is 184 Å². The second kappa shape index (κ2) is 6.73. The minimum Gasteiger partial charge on any atom is -0.450 e. The van der Waals surface area contributed by atoms with E-state index >= 15 is 0 Å². The predicted octanol–water partition coefficient (Wildman–Crippen LogP) is 5.20. The number of nitrogens with zero attached hydrogens (tertiary/aromatic N) is 3. The number of anilines is 1. The van der Waals surface area contributed by atoms with Gasteiger partial charge in [0.25, 0.3) is 5.91 Å². The third kappa shape index (κ3) is 2.71. The van der Waals surface area contributed by atoms with Crippen LogP contribution in [0.5, 0.6) is 0 Å². The van der Waals surface area contributed by atoms with E-state index in [1.54, 1.807) is 48.8 Å². The molecule has 0 unspecified atom stereocenters. The van der Waals surface area contributed by atoms with Crippen LogP contribution >= 0.6 is 22.9 Å². The van der Waals surface area contributed by atoms with Crippen LogP contribution in [0.3, 0.4) is 0 Å². The number of fused-ring (bicyclic) bond motifs is 3. The molecule has 1 aliphatic rings. The number of carbonyl (C=O) groups is 1. The van der Waals surface area contributed by atoms with Crippen molar-refractivity contribution in [3.05, 3.63) is 99.1 Å². The molecule has 6 nitrogen and oxygen atoms in total. The number of para-hydroxylation sites is 1. The Bertz CT molecular complexity index is 1560. The Hall–Kier alpha value is -3.55. The lowest BCUT2D eigenvalue weighted by molar-refractivity contribution is 0.0971. The topological polar surface area (TPSA) is 76.3 Å². The fraction of sp³-hybridized carbons (Fsp3) is 0.0435. The number of aromatic nitrogens is 2. The van der Waals surface area contributed by atoms with E-state index in [-0.39, 0.29) is 11.2 Å². The maximum absolute atomic E-state index is 13.5. The van der Waals surface area contributed by atoms with Gasteiger partial charge >= 0.3 is 0 Å². The molecule has 8 heteroatoms. The van der Waals surface area contributed by atoms with Crippen LogP contribution in [0.2, 0.25) is 5.02 Å². The van der Waals surface area contributed by atoms with Crippen LogP contribution in [0, 0.1) is 0 Å². The average molecular weight is 446 g/mol. The molecule has 0 saturated carbocycles. The molecule has 31 heavy (non-hydrogen) atoms. The molecular formula is C23H12ClN3O3S. The van der Waals surface area contributed by atoms with E-state index in [2.05, 4.69) is 9.97 Å². The first-order valence-electron chi connectivity index (χ1n) is 9.47. The van der Waals surface area contributed by atoms with Crippen LogP contribution in [-0.4, -0.2) is 15.9 Å². The summed E-state index contributed by atoms with van der Waals surface area (Å²) >= 11 is 7.47. The van der Waals surface area contributed by atoms with Crippen molar-refractivity contribution in [2.45, 2.75) is 6.04 Å². The van der Waals surface area contributed by atoms with E-state index in [1.807, 2.05) is 18.2 Å². The number of pyridine rings is 1. The first-order chi connectivity index (χ1) is 15.1. The van der Waals surface area contributed by atoms with Gasteiger partial charge in [-0.2, -0.15) is 0 Å². The molecule has 0 fully saturated rings. The Balaban J connectivity index is 1.64. The van der Waals surface area contributed by atoms with Crippen molar-refractivity contribution in [3.63, 3.8) is 0 Å². The molecule has 0 radical (unpaired) electrons. The third-order valence-corrected chi connectivity index (χ3v) is 6.58. The second-order valence-corrected chi connectivity index (χ2v) is 8.59. The number of carbonyl (C=O) groups excluding carboxylic acids is 1. The van der Waals surface area contributed by atoms with Gasteiger partial charge in [0, 0.05) is 17.4 Å². The molecule has 0 aliphatic carbocycles. The lowest BCUT2D eigenvalue weighted by Gasteiger charge is -2.22. The van der Waals surface area contributed by atoms with E-state index in [1.165, 1.54) is 16.2 Å². The van der Waals surface area contributed by atoms with E-state index in [4.69, 9.17) is 16.0 Å². The molecule has 0 spiro atoms. The molecule has 4 heterocycles. The summed E-state index contributed by atoms with van der Waals surface area (Å²) in [6.45, 7) is 0. The van der Waals surface area contributed by atoms with Crippen LogP contribution < -0.4 is 10.3 Å². The lowest BCUT2D eigenvalue weighted by atomic mass is 10.0. The van der Waals surface area contributed by atoms with Crippen LogP contribution in [-0.2, 0) is 0 Å². The van der Waals surface area contributed by atoms with Crippen molar-refractivity contribution < 1.29 is 9.21 Å². The Morgan fingerprint density at radius 2 is 1.94 bits per heavy atom. The van der Waals surface area contributed by atoms with Gasteiger partial charge in [0.05, 0.1) is 27.2 Å². The average Bonchev–Trinajstić information content (AvgIpc) is 3.33. The summed E-state index contributed by atoms with van der Waals surface area (Å²) in [6, 6.07) is 15.2. The standard InChI is InChI=1S/C23H12ClN3O3S/c24-13-7-8-15-17(10-13)31-23(26-15)27-19(12-4-3-9-25-11-12)18-20(28)14-5-1-2-6-16(14)30-21(18)22(27)29/h1-11,19H/t19-/m0/s1. The van der Waals surface area contributed by atoms with E-state index < -0.39 is 11.9 Å². The van der Waals surface area contributed by atoms with Gasteiger partial charge < -0.3 is 4.42 Å². The zero-order valence-corrected chi connectivity index (χ0v) is 17.4. The SMILES string of the molecule is O=C1c2oc3ccccc3c(=O)c2[C@H](c2cccnc2)N1c1nc2ccc(Cl)cc2s1. The maximum atomic E-state index is 13.5. The second-order valence-electron chi connectivity index (χ2n) is 7.14.